The molecule has 2 N–H and O–H groups in total. The fourth-order valence-electron chi connectivity index (χ4n) is 1.21. The molecule has 0 aliphatic rings. The number of anilines is 1. The van der Waals surface area contributed by atoms with E-state index in [2.05, 4.69) is 11.9 Å². The van der Waals surface area contributed by atoms with Gasteiger partial charge in [-0.3, -0.25) is 10.1 Å². The van der Waals surface area contributed by atoms with Crippen LogP contribution in [-0.2, 0) is 0 Å². The van der Waals surface area contributed by atoms with Crippen molar-refractivity contribution in [1.29, 1.82) is 0 Å². The number of carbonyl (C=O) groups is 1. The molecule has 1 aromatic carbocycles. The number of carboxylic acid groups (broad SMARTS) is 1. The maximum atomic E-state index is 13.3. The molecule has 0 saturated carbocycles. The number of hydrogen-bond acceptors (Lipinski definition) is 4. The molecule has 1 aromatic rings. The smallest absolute Gasteiger partial charge is 0.338 e. The molecule has 96 valence electrons. The van der Waals surface area contributed by atoms with Crippen LogP contribution in [0.1, 0.15) is 10.4 Å². The van der Waals surface area contributed by atoms with Crippen molar-refractivity contribution in [3.05, 3.63) is 45.2 Å². The lowest BCUT2D eigenvalue weighted by molar-refractivity contribution is -0.384. The van der Waals surface area contributed by atoms with Crippen molar-refractivity contribution in [3.8, 4) is 0 Å². The molecule has 6 nitrogen and oxygen atoms in total. The highest BCUT2D eigenvalue weighted by Gasteiger charge is 2.21. The molecule has 0 aliphatic heterocycles. The van der Waals surface area contributed by atoms with Crippen LogP contribution in [0.15, 0.2) is 23.7 Å². The highest BCUT2D eigenvalue weighted by atomic mass is 35.5. The van der Waals surface area contributed by atoms with E-state index >= 15 is 0 Å². The molecule has 0 heterocycles. The number of nitro groups is 1. The maximum absolute atomic E-state index is 13.3. The first-order chi connectivity index (χ1) is 8.32. The predicted molar refractivity (Wildman–Crippen MR) is 63.5 cm³/mol. The standard InChI is InChI=1S/C10H8ClFN2O4/c1-5(11)4-13-8-2-6(10(15)16)7(12)3-9(8)14(17)18/h2-3,13H,1,4H2,(H,15,16). The third-order valence-electron chi connectivity index (χ3n) is 1.98. The largest absolute Gasteiger partial charge is 0.478 e. The van der Waals surface area contributed by atoms with E-state index in [1.807, 2.05) is 0 Å². The average molecular weight is 275 g/mol. The Morgan fingerprint density at radius 1 is 1.61 bits per heavy atom. The SMILES string of the molecule is C=C(Cl)CNc1cc(C(=O)O)c(F)cc1[N+](=O)[O-]. The Labute approximate surface area is 106 Å². The van der Waals surface area contributed by atoms with Crippen LogP contribution < -0.4 is 5.32 Å². The van der Waals surface area contributed by atoms with E-state index in [1.165, 1.54) is 0 Å². The minimum Gasteiger partial charge on any atom is -0.478 e. The van der Waals surface area contributed by atoms with E-state index in [0.29, 0.717) is 6.07 Å². The first-order valence-corrected chi connectivity index (χ1v) is 4.99. The molecule has 18 heavy (non-hydrogen) atoms. The van der Waals surface area contributed by atoms with Gasteiger partial charge >= 0.3 is 5.97 Å². The van der Waals surface area contributed by atoms with Crippen molar-refractivity contribution < 1.29 is 19.2 Å². The summed E-state index contributed by atoms with van der Waals surface area (Å²) >= 11 is 5.48. The van der Waals surface area contributed by atoms with Crippen LogP contribution in [0.2, 0.25) is 0 Å². The Bertz CT molecular complexity index is 533. The van der Waals surface area contributed by atoms with Gasteiger partial charge in [0.1, 0.15) is 11.5 Å². The summed E-state index contributed by atoms with van der Waals surface area (Å²) in [6, 6.07) is 1.39. The van der Waals surface area contributed by atoms with Crippen LogP contribution in [0, 0.1) is 15.9 Å². The van der Waals surface area contributed by atoms with E-state index in [4.69, 9.17) is 16.7 Å². The molecule has 0 radical (unpaired) electrons. The summed E-state index contributed by atoms with van der Waals surface area (Å²) in [6.07, 6.45) is 0. The lowest BCUT2D eigenvalue weighted by Gasteiger charge is -2.07. The second kappa shape index (κ2) is 5.46. The van der Waals surface area contributed by atoms with Gasteiger partial charge in [0.2, 0.25) is 0 Å². The van der Waals surface area contributed by atoms with Gasteiger partial charge in [0.25, 0.3) is 5.69 Å². The number of nitro benzene ring substituents is 1. The number of halogens is 2. The summed E-state index contributed by atoms with van der Waals surface area (Å²) in [4.78, 5) is 20.6. The van der Waals surface area contributed by atoms with Gasteiger partial charge in [-0.2, -0.15) is 0 Å². The predicted octanol–water partition coefficient (Wildman–Crippen LogP) is 2.60. The van der Waals surface area contributed by atoms with Crippen LogP contribution in [0.3, 0.4) is 0 Å². The zero-order valence-electron chi connectivity index (χ0n) is 8.94. The Balaban J connectivity index is 3.26. The molecule has 0 atom stereocenters. The van der Waals surface area contributed by atoms with Crippen molar-refractivity contribution in [2.75, 3.05) is 11.9 Å². The monoisotopic (exact) mass is 274 g/mol. The van der Waals surface area contributed by atoms with Crippen LogP contribution in [-0.4, -0.2) is 22.5 Å². The summed E-state index contributed by atoms with van der Waals surface area (Å²) in [5, 5.41) is 22.1. The lowest BCUT2D eigenvalue weighted by atomic mass is 10.1. The number of nitrogens with one attached hydrogen (secondary N) is 1. The van der Waals surface area contributed by atoms with Crippen LogP contribution in [0.4, 0.5) is 15.8 Å². The number of hydrogen-bond donors (Lipinski definition) is 2. The lowest BCUT2D eigenvalue weighted by Crippen LogP contribution is -2.08. The number of carboxylic acids is 1. The molecule has 0 fully saturated rings. The molecule has 0 bridgehead atoms. The molecular formula is C10H8ClFN2O4. The molecule has 1 rings (SSSR count). The number of aromatic carboxylic acids is 1. The zero-order chi connectivity index (χ0) is 13.9. The first kappa shape index (κ1) is 13.9. The zero-order valence-corrected chi connectivity index (χ0v) is 9.70. The summed E-state index contributed by atoms with van der Waals surface area (Å²) in [5.41, 5.74) is -1.38. The van der Waals surface area contributed by atoms with Crippen molar-refractivity contribution in [2.45, 2.75) is 0 Å². The normalized spacial score (nSPS) is 9.89. The summed E-state index contributed by atoms with van der Waals surface area (Å²) in [5.74, 6) is -2.69. The molecule has 0 amide bonds. The first-order valence-electron chi connectivity index (χ1n) is 4.61. The summed E-state index contributed by atoms with van der Waals surface area (Å²) in [6.45, 7) is 3.36. The molecule has 0 unspecified atom stereocenters. The number of nitrogens with zero attached hydrogens (tertiary/aromatic N) is 1. The quantitative estimate of drug-likeness (QED) is 0.636. The second-order valence-corrected chi connectivity index (χ2v) is 3.82. The van der Waals surface area contributed by atoms with E-state index in [9.17, 15) is 19.3 Å². The van der Waals surface area contributed by atoms with Crippen molar-refractivity contribution in [2.24, 2.45) is 0 Å². The van der Waals surface area contributed by atoms with E-state index in [1.54, 1.807) is 0 Å². The minimum atomic E-state index is -1.52. The molecule has 8 heteroatoms. The second-order valence-electron chi connectivity index (χ2n) is 3.28. The average Bonchev–Trinajstić information content (AvgIpc) is 2.26. The number of rotatable bonds is 5. The Kier molecular flexibility index (Phi) is 4.22. The fraction of sp³-hybridized carbons (Fsp3) is 0.100. The Morgan fingerprint density at radius 2 is 2.22 bits per heavy atom. The third kappa shape index (κ3) is 3.17. The molecular weight excluding hydrogens is 267 g/mol. The van der Waals surface area contributed by atoms with E-state index in [-0.39, 0.29) is 17.3 Å². The highest BCUT2D eigenvalue weighted by Crippen LogP contribution is 2.28. The van der Waals surface area contributed by atoms with Gasteiger partial charge in [0, 0.05) is 5.03 Å². The molecule has 0 spiro atoms. The van der Waals surface area contributed by atoms with Gasteiger partial charge in [-0.25, -0.2) is 9.18 Å². The summed E-state index contributed by atoms with van der Waals surface area (Å²) < 4.78 is 13.3. The Morgan fingerprint density at radius 3 is 2.67 bits per heavy atom. The van der Waals surface area contributed by atoms with E-state index in [0.717, 1.165) is 6.07 Å². The highest BCUT2D eigenvalue weighted by molar-refractivity contribution is 6.29. The minimum absolute atomic E-state index is 0.00686. The van der Waals surface area contributed by atoms with Crippen molar-refractivity contribution in [1.82, 2.24) is 0 Å². The van der Waals surface area contributed by atoms with Gasteiger partial charge in [-0.15, -0.1) is 0 Å². The molecule has 0 aromatic heterocycles. The van der Waals surface area contributed by atoms with Gasteiger partial charge < -0.3 is 10.4 Å². The Hall–Kier alpha value is -2.15. The third-order valence-corrected chi connectivity index (χ3v) is 2.12. The van der Waals surface area contributed by atoms with Gasteiger partial charge in [-0.05, 0) is 6.07 Å². The van der Waals surface area contributed by atoms with E-state index < -0.39 is 28.0 Å². The van der Waals surface area contributed by atoms with Crippen molar-refractivity contribution >= 4 is 28.9 Å². The topological polar surface area (TPSA) is 92.5 Å². The fourth-order valence-corrected chi connectivity index (χ4v) is 1.28. The molecule has 0 saturated heterocycles. The van der Waals surface area contributed by atoms with Gasteiger partial charge in [0.05, 0.1) is 23.1 Å². The van der Waals surface area contributed by atoms with Crippen LogP contribution in [0.25, 0.3) is 0 Å². The summed E-state index contributed by atoms with van der Waals surface area (Å²) in [7, 11) is 0. The van der Waals surface area contributed by atoms with Crippen molar-refractivity contribution in [3.63, 3.8) is 0 Å². The van der Waals surface area contributed by atoms with Gasteiger partial charge in [-0.1, -0.05) is 18.2 Å². The number of benzene rings is 1. The molecule has 0 aliphatic carbocycles. The maximum Gasteiger partial charge on any atom is 0.338 e. The van der Waals surface area contributed by atoms with Crippen LogP contribution >= 0.6 is 11.6 Å². The van der Waals surface area contributed by atoms with Crippen LogP contribution in [0.5, 0.6) is 0 Å². The van der Waals surface area contributed by atoms with Gasteiger partial charge in [0.15, 0.2) is 0 Å².